The van der Waals surface area contributed by atoms with Gasteiger partial charge in [-0.25, -0.2) is 18.6 Å². The van der Waals surface area contributed by atoms with E-state index in [0.717, 1.165) is 25.0 Å². The van der Waals surface area contributed by atoms with Gasteiger partial charge in [-0.05, 0) is 31.9 Å². The predicted molar refractivity (Wildman–Crippen MR) is 93.1 cm³/mol. The number of carbonyl (C=O) groups excluding carboxylic acids is 1. The Kier molecular flexibility index (Phi) is 7.43. The van der Waals surface area contributed by atoms with Crippen molar-refractivity contribution in [1.82, 2.24) is 10.2 Å². The average molecular weight is 370 g/mol. The molecule has 0 atom stereocenters. The van der Waals surface area contributed by atoms with E-state index >= 15 is 0 Å². The number of nitrogens with one attached hydrogen (secondary N) is 1. The zero-order valence-corrected chi connectivity index (χ0v) is 14.7. The van der Waals surface area contributed by atoms with Gasteiger partial charge in [0.15, 0.2) is 17.5 Å². The van der Waals surface area contributed by atoms with Crippen LogP contribution >= 0.6 is 0 Å². The molecule has 2 rings (SSSR count). The number of hydrogen-bond acceptors (Lipinski definition) is 4. The molecule has 0 bridgehead atoms. The molecule has 144 valence electrons. The number of likely N-dealkylation sites (tertiary alicyclic amines) is 1. The first-order chi connectivity index (χ1) is 12.5. The lowest BCUT2D eigenvalue weighted by Crippen LogP contribution is -2.48. The molecule has 1 aliphatic heterocycles. The zero-order chi connectivity index (χ0) is 18.9. The number of nitrogens with two attached hydrogens (primary N) is 1. The highest BCUT2D eigenvalue weighted by molar-refractivity contribution is 5.78. The van der Waals surface area contributed by atoms with Gasteiger partial charge in [0.25, 0.3) is 0 Å². The number of ether oxygens (including phenoxy) is 2. The minimum absolute atomic E-state index is 0.0283. The highest BCUT2D eigenvalue weighted by atomic mass is 19.1. The maximum absolute atomic E-state index is 13.4. The molecule has 1 aliphatic rings. The number of rotatable bonds is 6. The van der Waals surface area contributed by atoms with E-state index in [9.17, 15) is 13.6 Å². The van der Waals surface area contributed by atoms with Gasteiger partial charge >= 0.3 is 6.09 Å². The normalized spacial score (nSPS) is 15.7. The van der Waals surface area contributed by atoms with Gasteiger partial charge in [-0.1, -0.05) is 0 Å². The van der Waals surface area contributed by atoms with E-state index in [4.69, 9.17) is 15.2 Å². The van der Waals surface area contributed by atoms with Crippen molar-refractivity contribution in [3.63, 3.8) is 0 Å². The Balaban J connectivity index is 1.68. The summed E-state index contributed by atoms with van der Waals surface area (Å²) >= 11 is 0. The number of piperidine rings is 1. The lowest BCUT2D eigenvalue weighted by Gasteiger charge is -2.31. The second kappa shape index (κ2) is 9.79. The average Bonchev–Trinajstić information content (AvgIpc) is 2.61. The number of nitrogens with zero attached hydrogens (tertiary/aromatic N) is 2. The van der Waals surface area contributed by atoms with Gasteiger partial charge in [-0.2, -0.15) is 0 Å². The molecule has 0 aromatic heterocycles. The van der Waals surface area contributed by atoms with Crippen LogP contribution in [0, 0.1) is 11.6 Å². The molecule has 1 saturated heterocycles. The molecule has 0 radical (unpaired) electrons. The first kappa shape index (κ1) is 19.7. The molecule has 0 spiro atoms. The molecule has 26 heavy (non-hydrogen) atoms. The minimum atomic E-state index is -0.756. The van der Waals surface area contributed by atoms with Crippen LogP contribution in [0.4, 0.5) is 13.6 Å². The number of carbonyl (C=O) groups is 1. The minimum Gasteiger partial charge on any atom is -0.489 e. The van der Waals surface area contributed by atoms with Gasteiger partial charge in [0.2, 0.25) is 0 Å². The molecule has 1 aromatic carbocycles. The van der Waals surface area contributed by atoms with Gasteiger partial charge in [0.05, 0.1) is 13.2 Å². The summed E-state index contributed by atoms with van der Waals surface area (Å²) in [4.78, 5) is 17.4. The molecule has 0 saturated carbocycles. The zero-order valence-electron chi connectivity index (χ0n) is 14.7. The third kappa shape index (κ3) is 6.05. The maximum Gasteiger partial charge on any atom is 0.409 e. The van der Waals surface area contributed by atoms with E-state index in [1.165, 1.54) is 6.07 Å². The van der Waals surface area contributed by atoms with Crippen molar-refractivity contribution in [1.29, 1.82) is 0 Å². The largest absolute Gasteiger partial charge is 0.489 e. The molecule has 1 heterocycles. The van der Waals surface area contributed by atoms with Gasteiger partial charge in [-0.3, -0.25) is 0 Å². The van der Waals surface area contributed by atoms with Crippen LogP contribution in [0.25, 0.3) is 0 Å². The number of benzene rings is 1. The fourth-order valence-corrected chi connectivity index (χ4v) is 2.59. The van der Waals surface area contributed by atoms with E-state index in [0.29, 0.717) is 19.7 Å². The van der Waals surface area contributed by atoms with Crippen molar-refractivity contribution in [2.24, 2.45) is 10.7 Å². The summed E-state index contributed by atoms with van der Waals surface area (Å²) < 4.78 is 36.4. The van der Waals surface area contributed by atoms with E-state index in [1.807, 2.05) is 0 Å². The lowest BCUT2D eigenvalue weighted by atomic mass is 10.1. The topological polar surface area (TPSA) is 89.2 Å². The third-order valence-electron chi connectivity index (χ3n) is 3.90. The second-order valence-corrected chi connectivity index (χ2v) is 5.79. The quantitative estimate of drug-likeness (QED) is 0.453. The van der Waals surface area contributed by atoms with Crippen LogP contribution in [0.15, 0.2) is 23.2 Å². The Bertz CT molecular complexity index is 634. The highest BCUT2D eigenvalue weighted by Gasteiger charge is 2.23. The SMILES string of the molecule is CCOC(=O)N1CCC(NC(N)=NCCOc2ccc(F)cc2F)CC1. The Morgan fingerprint density at radius 2 is 2.12 bits per heavy atom. The van der Waals surface area contributed by atoms with Gasteiger partial charge in [0.1, 0.15) is 12.4 Å². The molecule has 7 nitrogen and oxygen atoms in total. The second-order valence-electron chi connectivity index (χ2n) is 5.79. The molecule has 0 aliphatic carbocycles. The van der Waals surface area contributed by atoms with Crippen molar-refractivity contribution in [3.05, 3.63) is 29.8 Å². The molecular formula is C17H24F2N4O3. The standard InChI is InChI=1S/C17H24F2N4O3/c1-2-25-17(24)23-8-5-13(6-9-23)22-16(20)21-7-10-26-15-4-3-12(18)11-14(15)19/h3-4,11,13H,2,5-10H2,1H3,(H3,20,21,22). The van der Waals surface area contributed by atoms with E-state index in [-0.39, 0.29) is 37.0 Å². The fraction of sp³-hybridized carbons (Fsp3) is 0.529. The van der Waals surface area contributed by atoms with Crippen molar-refractivity contribution < 1.29 is 23.0 Å². The van der Waals surface area contributed by atoms with Crippen LogP contribution in [-0.2, 0) is 4.74 Å². The molecule has 9 heteroatoms. The van der Waals surface area contributed by atoms with Crippen molar-refractivity contribution in [2.45, 2.75) is 25.8 Å². The number of aliphatic imine (C=N–C) groups is 1. The number of guanidine groups is 1. The van der Waals surface area contributed by atoms with Crippen molar-refractivity contribution in [2.75, 3.05) is 32.8 Å². The van der Waals surface area contributed by atoms with Gasteiger partial charge in [-0.15, -0.1) is 0 Å². The molecular weight excluding hydrogens is 346 g/mol. The summed E-state index contributed by atoms with van der Waals surface area (Å²) in [7, 11) is 0. The van der Waals surface area contributed by atoms with E-state index in [1.54, 1.807) is 11.8 Å². The lowest BCUT2D eigenvalue weighted by molar-refractivity contribution is 0.0963. The molecule has 3 N–H and O–H groups in total. The van der Waals surface area contributed by atoms with Crippen LogP contribution in [0.3, 0.4) is 0 Å². The Labute approximate surface area is 151 Å². The fourth-order valence-electron chi connectivity index (χ4n) is 2.59. The monoisotopic (exact) mass is 370 g/mol. The first-order valence-electron chi connectivity index (χ1n) is 8.55. The molecule has 0 unspecified atom stereocenters. The van der Waals surface area contributed by atoms with Crippen LogP contribution in [-0.4, -0.2) is 55.8 Å². The number of amides is 1. The Hall–Kier alpha value is -2.58. The van der Waals surface area contributed by atoms with Gasteiger partial charge in [0, 0.05) is 25.2 Å². The maximum atomic E-state index is 13.4. The molecule has 1 aromatic rings. The predicted octanol–water partition coefficient (Wildman–Crippen LogP) is 1.87. The van der Waals surface area contributed by atoms with Crippen molar-refractivity contribution >= 4 is 12.1 Å². The summed E-state index contributed by atoms with van der Waals surface area (Å²) in [5.74, 6) is -1.18. The Morgan fingerprint density at radius 3 is 2.77 bits per heavy atom. The summed E-state index contributed by atoms with van der Waals surface area (Å²) in [6.07, 6.45) is 1.19. The number of hydrogen-bond donors (Lipinski definition) is 2. The van der Waals surface area contributed by atoms with Crippen LogP contribution in [0.5, 0.6) is 5.75 Å². The molecule has 1 amide bonds. The molecule has 1 fully saturated rings. The summed E-state index contributed by atoms with van der Waals surface area (Å²) in [5.41, 5.74) is 5.83. The van der Waals surface area contributed by atoms with E-state index < -0.39 is 11.6 Å². The third-order valence-corrected chi connectivity index (χ3v) is 3.90. The smallest absolute Gasteiger partial charge is 0.409 e. The van der Waals surface area contributed by atoms with Gasteiger partial charge < -0.3 is 25.4 Å². The summed E-state index contributed by atoms with van der Waals surface area (Å²) in [6.45, 7) is 3.68. The number of halogens is 2. The highest BCUT2D eigenvalue weighted by Crippen LogP contribution is 2.17. The van der Waals surface area contributed by atoms with E-state index in [2.05, 4.69) is 10.3 Å². The van der Waals surface area contributed by atoms with Crippen molar-refractivity contribution in [3.8, 4) is 5.75 Å². The summed E-state index contributed by atoms with van der Waals surface area (Å²) in [6, 6.07) is 3.24. The van der Waals surface area contributed by atoms with Crippen LogP contribution < -0.4 is 15.8 Å². The first-order valence-corrected chi connectivity index (χ1v) is 8.55. The van der Waals surface area contributed by atoms with Crippen LogP contribution in [0.1, 0.15) is 19.8 Å². The van der Waals surface area contributed by atoms with Crippen LogP contribution in [0.2, 0.25) is 0 Å². The Morgan fingerprint density at radius 1 is 1.38 bits per heavy atom. The summed E-state index contributed by atoms with van der Waals surface area (Å²) in [5, 5.41) is 3.10.